The number of likely N-dealkylation sites (tertiary alicyclic amines) is 1. The Kier molecular flexibility index (Phi) is 7.48. The van der Waals surface area contributed by atoms with Gasteiger partial charge in [0.2, 0.25) is 0 Å². The highest BCUT2D eigenvalue weighted by Crippen LogP contribution is 2.10. The first-order valence-corrected chi connectivity index (χ1v) is 8.36. The van der Waals surface area contributed by atoms with Gasteiger partial charge in [0.15, 0.2) is 5.96 Å². The zero-order valence-corrected chi connectivity index (χ0v) is 14.6. The average Bonchev–Trinajstić information content (AvgIpc) is 2.70. The summed E-state index contributed by atoms with van der Waals surface area (Å²) in [7, 11) is 0. The number of nitrogens with zero attached hydrogens (tertiary/aromatic N) is 3. The first-order valence-electron chi connectivity index (χ1n) is 8.36. The molecule has 2 N–H and O–H groups in total. The van der Waals surface area contributed by atoms with Gasteiger partial charge in [-0.1, -0.05) is 12.8 Å². The smallest absolute Gasteiger partial charge is 0.410 e. The van der Waals surface area contributed by atoms with Crippen LogP contribution in [0.25, 0.3) is 0 Å². The maximum atomic E-state index is 12.0. The molecule has 0 aromatic rings. The molecule has 22 heavy (non-hydrogen) atoms. The van der Waals surface area contributed by atoms with Crippen molar-refractivity contribution >= 4 is 12.1 Å². The number of nitrogens with two attached hydrogens (primary N) is 1. The molecule has 0 spiro atoms. The second-order valence-corrected chi connectivity index (χ2v) is 6.70. The topological polar surface area (TPSA) is 71.2 Å². The van der Waals surface area contributed by atoms with Gasteiger partial charge in [-0.2, -0.15) is 0 Å². The summed E-state index contributed by atoms with van der Waals surface area (Å²) in [5.41, 5.74) is 5.59. The van der Waals surface area contributed by atoms with E-state index in [4.69, 9.17) is 10.5 Å². The Bertz CT molecular complexity index is 369. The van der Waals surface area contributed by atoms with Crippen LogP contribution in [0.2, 0.25) is 0 Å². The van der Waals surface area contributed by atoms with Crippen molar-refractivity contribution in [2.24, 2.45) is 10.7 Å². The quantitative estimate of drug-likeness (QED) is 0.639. The lowest BCUT2D eigenvalue weighted by atomic mass is 10.2. The predicted molar refractivity (Wildman–Crippen MR) is 90.0 cm³/mol. The Morgan fingerprint density at radius 1 is 1.23 bits per heavy atom. The molecule has 0 unspecified atom stereocenters. The summed E-state index contributed by atoms with van der Waals surface area (Å²) in [4.78, 5) is 20.3. The molecular formula is C16H32N4O2. The Balaban J connectivity index is 2.44. The molecular weight excluding hydrogens is 280 g/mol. The Morgan fingerprint density at radius 3 is 2.32 bits per heavy atom. The molecule has 1 aliphatic heterocycles. The summed E-state index contributed by atoms with van der Waals surface area (Å²) >= 11 is 0. The van der Waals surface area contributed by atoms with Crippen molar-refractivity contribution in [3.05, 3.63) is 0 Å². The number of guanidine groups is 1. The van der Waals surface area contributed by atoms with Gasteiger partial charge >= 0.3 is 6.09 Å². The van der Waals surface area contributed by atoms with E-state index in [1.54, 1.807) is 4.90 Å². The average molecular weight is 312 g/mol. The van der Waals surface area contributed by atoms with Gasteiger partial charge in [0.05, 0.1) is 6.54 Å². The molecule has 0 atom stereocenters. The van der Waals surface area contributed by atoms with Crippen molar-refractivity contribution in [1.29, 1.82) is 0 Å². The molecule has 128 valence electrons. The maximum Gasteiger partial charge on any atom is 0.410 e. The van der Waals surface area contributed by atoms with Crippen molar-refractivity contribution in [2.75, 3.05) is 32.7 Å². The fourth-order valence-corrected chi connectivity index (χ4v) is 2.39. The standard InChI is InChI=1S/C16H32N4O2/c1-5-19(15(21)22-16(2,3)4)13-10-18-14(17)20-11-8-6-7-9-12-20/h5-13H2,1-4H3,(H2,17,18). The summed E-state index contributed by atoms with van der Waals surface area (Å²) < 4.78 is 5.38. The number of hydrogen-bond donors (Lipinski definition) is 1. The molecule has 1 rings (SSSR count). The number of hydrogen-bond acceptors (Lipinski definition) is 3. The van der Waals surface area contributed by atoms with Crippen LogP contribution in [0.4, 0.5) is 4.79 Å². The van der Waals surface area contributed by atoms with Crippen LogP contribution < -0.4 is 5.73 Å². The van der Waals surface area contributed by atoms with Gasteiger partial charge in [0, 0.05) is 26.2 Å². The minimum Gasteiger partial charge on any atom is -0.444 e. The monoisotopic (exact) mass is 312 g/mol. The third-order valence-electron chi connectivity index (χ3n) is 3.61. The van der Waals surface area contributed by atoms with E-state index in [1.165, 1.54) is 25.7 Å². The Labute approximate surface area is 134 Å². The van der Waals surface area contributed by atoms with Crippen LogP contribution >= 0.6 is 0 Å². The highest BCUT2D eigenvalue weighted by molar-refractivity contribution is 5.78. The van der Waals surface area contributed by atoms with E-state index >= 15 is 0 Å². The van der Waals surface area contributed by atoms with Crippen LogP contribution in [0, 0.1) is 0 Å². The molecule has 1 fully saturated rings. The highest BCUT2D eigenvalue weighted by atomic mass is 16.6. The highest BCUT2D eigenvalue weighted by Gasteiger charge is 2.20. The number of carbonyl (C=O) groups is 1. The summed E-state index contributed by atoms with van der Waals surface area (Å²) in [6, 6.07) is 0. The van der Waals surface area contributed by atoms with Gasteiger partial charge in [-0.15, -0.1) is 0 Å². The van der Waals surface area contributed by atoms with E-state index in [0.29, 0.717) is 25.6 Å². The number of amides is 1. The minimum atomic E-state index is -0.473. The number of likely N-dealkylation sites (N-methyl/N-ethyl adjacent to an activating group) is 1. The molecule has 1 heterocycles. The van der Waals surface area contributed by atoms with Gasteiger partial charge in [-0.05, 0) is 40.5 Å². The van der Waals surface area contributed by atoms with Crippen LogP contribution in [0.5, 0.6) is 0 Å². The molecule has 0 bridgehead atoms. The molecule has 0 saturated carbocycles. The predicted octanol–water partition coefficient (Wildman–Crippen LogP) is 2.43. The minimum absolute atomic E-state index is 0.293. The van der Waals surface area contributed by atoms with E-state index in [-0.39, 0.29) is 6.09 Å². The van der Waals surface area contributed by atoms with Crippen molar-refractivity contribution < 1.29 is 9.53 Å². The van der Waals surface area contributed by atoms with E-state index < -0.39 is 5.60 Å². The molecule has 1 aliphatic rings. The van der Waals surface area contributed by atoms with E-state index in [2.05, 4.69) is 9.89 Å². The third kappa shape index (κ3) is 7.00. The van der Waals surface area contributed by atoms with Gasteiger partial charge in [-0.3, -0.25) is 4.99 Å². The first kappa shape index (κ1) is 18.6. The second-order valence-electron chi connectivity index (χ2n) is 6.70. The fourth-order valence-electron chi connectivity index (χ4n) is 2.39. The van der Waals surface area contributed by atoms with Gasteiger partial charge in [0.25, 0.3) is 0 Å². The molecule has 1 saturated heterocycles. The van der Waals surface area contributed by atoms with E-state index in [1.807, 2.05) is 27.7 Å². The molecule has 0 aliphatic carbocycles. The van der Waals surface area contributed by atoms with Crippen molar-refractivity contribution in [1.82, 2.24) is 9.80 Å². The van der Waals surface area contributed by atoms with E-state index in [0.717, 1.165) is 13.1 Å². The zero-order chi connectivity index (χ0) is 16.6. The summed E-state index contributed by atoms with van der Waals surface area (Å²) in [5, 5.41) is 0. The Morgan fingerprint density at radius 2 is 1.82 bits per heavy atom. The summed E-state index contributed by atoms with van der Waals surface area (Å²) in [6.07, 6.45) is 4.60. The normalized spacial score (nSPS) is 17.1. The second kappa shape index (κ2) is 8.86. The molecule has 0 aromatic carbocycles. The largest absolute Gasteiger partial charge is 0.444 e. The van der Waals surface area contributed by atoms with Gasteiger partial charge in [-0.25, -0.2) is 4.79 Å². The molecule has 6 heteroatoms. The Hall–Kier alpha value is -1.46. The molecule has 0 radical (unpaired) electrons. The van der Waals surface area contributed by atoms with Crippen LogP contribution in [0.1, 0.15) is 53.4 Å². The third-order valence-corrected chi connectivity index (χ3v) is 3.61. The van der Waals surface area contributed by atoms with Gasteiger partial charge < -0.3 is 20.3 Å². The summed E-state index contributed by atoms with van der Waals surface area (Å²) in [6.45, 7) is 11.2. The number of ether oxygens (including phenoxy) is 1. The van der Waals surface area contributed by atoms with Gasteiger partial charge in [0.1, 0.15) is 5.60 Å². The summed E-state index contributed by atoms with van der Waals surface area (Å²) in [5.74, 6) is 0.599. The van der Waals surface area contributed by atoms with Crippen LogP contribution in [-0.4, -0.2) is 60.2 Å². The zero-order valence-electron chi connectivity index (χ0n) is 14.6. The van der Waals surface area contributed by atoms with Crippen molar-refractivity contribution in [2.45, 2.75) is 59.0 Å². The van der Waals surface area contributed by atoms with Crippen molar-refractivity contribution in [3.63, 3.8) is 0 Å². The van der Waals surface area contributed by atoms with Crippen LogP contribution in [-0.2, 0) is 4.74 Å². The lowest BCUT2D eigenvalue weighted by molar-refractivity contribution is 0.0266. The van der Waals surface area contributed by atoms with E-state index in [9.17, 15) is 4.79 Å². The lowest BCUT2D eigenvalue weighted by Crippen LogP contribution is -2.40. The molecule has 0 aromatic heterocycles. The molecule has 6 nitrogen and oxygen atoms in total. The SMILES string of the molecule is CCN(CCN=C(N)N1CCCCCC1)C(=O)OC(C)(C)C. The fraction of sp³-hybridized carbons (Fsp3) is 0.875. The number of rotatable bonds is 4. The number of carbonyl (C=O) groups excluding carboxylic acids is 1. The first-order chi connectivity index (χ1) is 10.3. The van der Waals surface area contributed by atoms with Crippen molar-refractivity contribution in [3.8, 4) is 0 Å². The number of aliphatic imine (C=N–C) groups is 1. The lowest BCUT2D eigenvalue weighted by Gasteiger charge is -2.26. The maximum absolute atomic E-state index is 12.0. The van der Waals surface area contributed by atoms with Crippen LogP contribution in [0.15, 0.2) is 4.99 Å². The molecule has 1 amide bonds. The van der Waals surface area contributed by atoms with Crippen LogP contribution in [0.3, 0.4) is 0 Å².